The number of primary sulfonamides is 1. The van der Waals surface area contributed by atoms with Crippen LogP contribution in [0.2, 0.25) is 0 Å². The maximum atomic E-state index is 13.4. The number of amides is 1. The van der Waals surface area contributed by atoms with Crippen molar-refractivity contribution in [1.82, 2.24) is 34.4 Å². The average Bonchev–Trinajstić information content (AvgIpc) is 3.75. The number of imidazole rings is 2. The number of sulfonamides is 1. The number of hydrogen-bond donors (Lipinski definition) is 6. The third-order valence-electron chi connectivity index (χ3n) is 7.95. The number of aromatic amines is 1. The predicted molar refractivity (Wildman–Crippen MR) is 164 cm³/mol. The van der Waals surface area contributed by atoms with E-state index in [0.29, 0.717) is 42.2 Å². The molecule has 254 valence electrons. The summed E-state index contributed by atoms with van der Waals surface area (Å²) >= 11 is 0. The van der Waals surface area contributed by atoms with Gasteiger partial charge in [-0.05, 0) is 37.0 Å². The number of benzene rings is 1. The molecule has 47 heavy (non-hydrogen) atoms. The molecule has 0 radical (unpaired) electrons. The van der Waals surface area contributed by atoms with Crippen LogP contribution in [0.5, 0.6) is 0 Å². The van der Waals surface area contributed by atoms with Gasteiger partial charge in [0.25, 0.3) is 0 Å². The molecule has 0 saturated heterocycles. The zero-order valence-electron chi connectivity index (χ0n) is 25.2. The smallest absolute Gasteiger partial charge is 0.388 e. The Morgan fingerprint density at radius 1 is 1.11 bits per heavy atom. The summed E-state index contributed by atoms with van der Waals surface area (Å²) in [5, 5.41) is 33.4. The van der Waals surface area contributed by atoms with Gasteiger partial charge in [0.2, 0.25) is 16.0 Å². The van der Waals surface area contributed by atoms with Crippen molar-refractivity contribution < 1.29 is 36.6 Å². The van der Waals surface area contributed by atoms with Crippen molar-refractivity contribution in [2.24, 2.45) is 5.14 Å². The predicted octanol–water partition coefficient (Wildman–Crippen LogP) is 1.34. The number of aliphatic hydroxyl groups excluding tert-OH is 2. The molecule has 3 heterocycles. The van der Waals surface area contributed by atoms with Crippen LogP contribution in [0.4, 0.5) is 24.9 Å². The van der Waals surface area contributed by atoms with Gasteiger partial charge in [0.05, 0.1) is 35.3 Å². The van der Waals surface area contributed by atoms with E-state index in [1.165, 1.54) is 23.0 Å². The number of nitrogens with two attached hydrogens (primary N) is 1. The molecule has 19 heteroatoms. The molecular weight excluding hydrogens is 645 g/mol. The van der Waals surface area contributed by atoms with E-state index in [-0.39, 0.29) is 35.9 Å². The maximum Gasteiger partial charge on any atom is 0.471 e. The Labute approximate surface area is 267 Å². The Balaban J connectivity index is 1.41. The summed E-state index contributed by atoms with van der Waals surface area (Å²) in [4.78, 5) is 33.5. The lowest BCUT2D eigenvalue weighted by Crippen LogP contribution is -2.51. The minimum Gasteiger partial charge on any atom is -0.388 e. The number of hydrogen-bond acceptors (Lipinski definition) is 11. The lowest BCUT2D eigenvalue weighted by Gasteiger charge is -2.31. The highest BCUT2D eigenvalue weighted by atomic mass is 32.2. The van der Waals surface area contributed by atoms with E-state index in [9.17, 15) is 36.6 Å². The number of carbonyl (C=O) groups is 1. The molecule has 0 bridgehead atoms. The van der Waals surface area contributed by atoms with Gasteiger partial charge < -0.3 is 35.3 Å². The fourth-order valence-corrected chi connectivity index (χ4v) is 6.17. The van der Waals surface area contributed by atoms with Crippen LogP contribution < -0.4 is 15.8 Å². The van der Waals surface area contributed by atoms with Gasteiger partial charge in [-0.2, -0.15) is 23.1 Å². The van der Waals surface area contributed by atoms with Gasteiger partial charge in [-0.25, -0.2) is 23.5 Å². The van der Waals surface area contributed by atoms with E-state index >= 15 is 0 Å². The molecule has 1 aliphatic rings. The highest BCUT2D eigenvalue weighted by molar-refractivity contribution is 7.89. The van der Waals surface area contributed by atoms with Gasteiger partial charge in [-0.3, -0.25) is 4.79 Å². The number of fused-ring (bicyclic) bond motifs is 1. The Bertz CT molecular complexity index is 1780. The van der Waals surface area contributed by atoms with E-state index in [2.05, 4.69) is 35.6 Å². The van der Waals surface area contributed by atoms with Crippen LogP contribution >= 0.6 is 0 Å². The maximum absolute atomic E-state index is 13.4. The summed E-state index contributed by atoms with van der Waals surface area (Å²) < 4.78 is 64.9. The van der Waals surface area contributed by atoms with Crippen LogP contribution in [-0.2, 0) is 27.7 Å². The van der Waals surface area contributed by atoms with E-state index in [0.717, 1.165) is 11.3 Å². The minimum atomic E-state index is -5.14. The van der Waals surface area contributed by atoms with Crippen LogP contribution in [0, 0.1) is 0 Å². The third-order valence-corrected chi connectivity index (χ3v) is 8.87. The van der Waals surface area contributed by atoms with Gasteiger partial charge in [0.1, 0.15) is 12.2 Å². The van der Waals surface area contributed by atoms with Gasteiger partial charge in [0.15, 0.2) is 17.0 Å². The summed E-state index contributed by atoms with van der Waals surface area (Å²) in [6, 6.07) is 3.85. The molecule has 1 aromatic carbocycles. The van der Waals surface area contributed by atoms with E-state index < -0.39 is 46.4 Å². The van der Waals surface area contributed by atoms with Crippen molar-refractivity contribution in [2.45, 2.75) is 68.0 Å². The zero-order valence-corrected chi connectivity index (χ0v) is 26.0. The second kappa shape index (κ2) is 13.8. The fourth-order valence-electron chi connectivity index (χ4n) is 5.66. The molecule has 0 unspecified atom stereocenters. The number of anilines is 2. The van der Waals surface area contributed by atoms with Crippen molar-refractivity contribution in [3.8, 4) is 0 Å². The first kappa shape index (κ1) is 34.0. The fraction of sp³-hybridized carbons (Fsp3) is 0.464. The molecule has 1 saturated carbocycles. The number of aliphatic hydroxyl groups is 2. The minimum absolute atomic E-state index is 0.00939. The van der Waals surface area contributed by atoms with Gasteiger partial charge >= 0.3 is 12.1 Å². The molecule has 7 N–H and O–H groups in total. The molecule has 0 aliphatic heterocycles. The number of aromatic nitrogens is 6. The summed E-state index contributed by atoms with van der Waals surface area (Å²) in [6.07, 6.45) is -2.62. The number of nitrogens with zero attached hydrogens (tertiary/aromatic N) is 6. The van der Waals surface area contributed by atoms with Crippen molar-refractivity contribution >= 4 is 38.9 Å². The summed E-state index contributed by atoms with van der Waals surface area (Å²) in [6.45, 7) is 2.10. The van der Waals surface area contributed by atoms with Gasteiger partial charge in [-0.15, -0.1) is 0 Å². The van der Waals surface area contributed by atoms with Crippen molar-refractivity contribution in [3.05, 3.63) is 54.4 Å². The molecule has 4 atom stereocenters. The number of nitrogens with one attached hydrogen (secondary N) is 3. The lowest BCUT2D eigenvalue weighted by atomic mass is 10.1. The van der Waals surface area contributed by atoms with Crippen LogP contribution in [0.15, 0.2) is 48.0 Å². The molecule has 15 nitrogen and oxygen atoms in total. The van der Waals surface area contributed by atoms with E-state index in [1.54, 1.807) is 31.6 Å². The Morgan fingerprint density at radius 3 is 2.47 bits per heavy atom. The second-order valence-electron chi connectivity index (χ2n) is 11.2. The Hall–Kier alpha value is -4.33. The topological polar surface area (TPSA) is 217 Å². The highest BCUT2D eigenvalue weighted by Crippen LogP contribution is 2.38. The van der Waals surface area contributed by atoms with Crippen molar-refractivity contribution in [1.29, 1.82) is 0 Å². The first-order valence-corrected chi connectivity index (χ1v) is 16.4. The monoisotopic (exact) mass is 680 g/mol. The highest BCUT2D eigenvalue weighted by Gasteiger charge is 2.51. The normalized spacial score (nSPS) is 20.1. The van der Waals surface area contributed by atoms with E-state index in [4.69, 9.17) is 5.14 Å². The van der Waals surface area contributed by atoms with Crippen molar-refractivity contribution in [3.63, 3.8) is 0 Å². The standard InChI is InChI=1S/C28H35F3N10O5S/c1-2-11-40(26(44)28(29,30)31)19-12-20(23(43)22(19)42)41-15-37-21-24(34-9-7-16-3-5-18(6-4-16)47(32,45)46)38-27(39-25(21)41)35-10-8-17-13-33-14-36-17/h3-6,13-15,19-20,22-23,42-43H,2,7-12H2,1H3,(H,33,36)(H2,32,45,46)(H2,34,35,38,39)/t19-,20+,22+,23-/m0/s1. The first-order chi connectivity index (χ1) is 22.3. The SMILES string of the molecule is CCCN(C(=O)C(F)(F)F)[C@H]1C[C@@H](n2cnc3c(NCCc4ccc(S(N)(=O)=O)cc4)nc(NCCc4c[nH]cn4)nc32)[C@H](O)[C@@H]1O. The number of alkyl halides is 3. The zero-order chi connectivity index (χ0) is 33.9. The molecule has 4 aromatic rings. The lowest BCUT2D eigenvalue weighted by molar-refractivity contribution is -0.190. The largest absolute Gasteiger partial charge is 0.471 e. The molecule has 3 aromatic heterocycles. The average molecular weight is 681 g/mol. The number of halogens is 3. The number of H-pyrrole nitrogens is 1. The molecule has 1 amide bonds. The third kappa shape index (κ3) is 7.64. The molecule has 1 fully saturated rings. The summed E-state index contributed by atoms with van der Waals surface area (Å²) in [5.74, 6) is -1.57. The van der Waals surface area contributed by atoms with Gasteiger partial charge in [0, 0.05) is 32.3 Å². The summed E-state index contributed by atoms with van der Waals surface area (Å²) in [5.41, 5.74) is 2.16. The van der Waals surface area contributed by atoms with Gasteiger partial charge in [-0.1, -0.05) is 19.1 Å². The quantitative estimate of drug-likeness (QED) is 0.118. The van der Waals surface area contributed by atoms with Crippen LogP contribution in [-0.4, -0.2) is 103 Å². The van der Waals surface area contributed by atoms with E-state index in [1.807, 2.05) is 0 Å². The first-order valence-electron chi connectivity index (χ1n) is 14.8. The number of rotatable bonds is 13. The van der Waals surface area contributed by atoms with Crippen LogP contribution in [0.3, 0.4) is 0 Å². The molecule has 1 aliphatic carbocycles. The molecule has 5 rings (SSSR count). The van der Waals surface area contributed by atoms with Crippen LogP contribution in [0.1, 0.15) is 37.1 Å². The Morgan fingerprint density at radius 2 is 1.83 bits per heavy atom. The van der Waals surface area contributed by atoms with Crippen molar-refractivity contribution in [2.75, 3.05) is 30.3 Å². The second-order valence-corrected chi connectivity index (χ2v) is 12.7. The Kier molecular flexibility index (Phi) is 9.99. The molecular formula is C28H35F3N10O5S. The summed E-state index contributed by atoms with van der Waals surface area (Å²) in [7, 11) is -3.83. The molecule has 0 spiro atoms. The van der Waals surface area contributed by atoms with Crippen LogP contribution in [0.25, 0.3) is 11.2 Å². The number of carbonyl (C=O) groups excluding carboxylic acids is 1.